The van der Waals surface area contributed by atoms with E-state index in [1.165, 1.54) is 6.20 Å². The molecule has 2 atom stereocenters. The molecule has 0 saturated carbocycles. The van der Waals surface area contributed by atoms with E-state index in [2.05, 4.69) is 33.3 Å². The zero-order chi connectivity index (χ0) is 25.2. The van der Waals surface area contributed by atoms with Gasteiger partial charge in [-0.2, -0.15) is 0 Å². The monoisotopic (exact) mass is 494 g/mol. The summed E-state index contributed by atoms with van der Waals surface area (Å²) in [4.78, 5) is 33.1. The van der Waals surface area contributed by atoms with E-state index in [4.69, 9.17) is 21.3 Å². The molecule has 0 aliphatic carbocycles. The molecule has 184 valence electrons. The van der Waals surface area contributed by atoms with Gasteiger partial charge in [0.2, 0.25) is 11.8 Å². The zero-order valence-corrected chi connectivity index (χ0v) is 21.6. The molecule has 4 rings (SSSR count). The first-order valence-electron chi connectivity index (χ1n) is 11.8. The summed E-state index contributed by atoms with van der Waals surface area (Å²) in [6.07, 6.45) is 6.72. The number of anilines is 1. The first-order valence-corrected chi connectivity index (χ1v) is 12.2. The molecule has 4 heterocycles. The van der Waals surface area contributed by atoms with Crippen LogP contribution in [0.5, 0.6) is 5.88 Å². The minimum absolute atomic E-state index is 0.0113. The Morgan fingerprint density at radius 1 is 1.29 bits per heavy atom. The van der Waals surface area contributed by atoms with E-state index in [-0.39, 0.29) is 11.4 Å². The van der Waals surface area contributed by atoms with Crippen LogP contribution < -0.4 is 10.1 Å². The number of carbonyl (C=O) groups excluding carboxylic acids is 1. The maximum Gasteiger partial charge on any atom is 0.229 e. The SMILES string of the molecule is CCN(C[C@@]1(C)CCc2cc(-c3ncccn3)c(C)nc2N1)C(=O)[C@H](C)c1cc(OC)ncc1Cl. The summed E-state index contributed by atoms with van der Waals surface area (Å²) >= 11 is 6.37. The molecular formula is C26H31ClN6O2. The second-order valence-corrected chi connectivity index (χ2v) is 9.62. The highest BCUT2D eigenvalue weighted by atomic mass is 35.5. The minimum atomic E-state index is -0.423. The van der Waals surface area contributed by atoms with E-state index in [0.29, 0.717) is 35.4 Å². The van der Waals surface area contributed by atoms with Crippen LogP contribution in [0.2, 0.25) is 5.02 Å². The number of halogens is 1. The number of ether oxygens (including phenoxy) is 1. The van der Waals surface area contributed by atoms with Gasteiger partial charge in [0.1, 0.15) is 5.82 Å². The fourth-order valence-electron chi connectivity index (χ4n) is 4.54. The van der Waals surface area contributed by atoms with Crippen LogP contribution >= 0.6 is 11.6 Å². The molecule has 1 N–H and O–H groups in total. The maximum atomic E-state index is 13.5. The molecule has 0 unspecified atom stereocenters. The molecule has 3 aromatic heterocycles. The van der Waals surface area contributed by atoms with Gasteiger partial charge in [-0.05, 0) is 63.8 Å². The molecule has 0 saturated heterocycles. The lowest BCUT2D eigenvalue weighted by Gasteiger charge is -2.40. The Kier molecular flexibility index (Phi) is 7.21. The second-order valence-electron chi connectivity index (χ2n) is 9.21. The van der Waals surface area contributed by atoms with Gasteiger partial charge in [-0.15, -0.1) is 0 Å². The summed E-state index contributed by atoms with van der Waals surface area (Å²) in [5.74, 6) is 1.56. The number of aromatic nitrogens is 4. The number of pyridine rings is 2. The third-order valence-electron chi connectivity index (χ3n) is 6.60. The molecule has 0 bridgehead atoms. The standard InChI is InChI=1S/C26H31ClN6O2/c1-6-33(25(34)16(2)19-13-22(35-5)30-14-21(19)27)15-26(4)9-8-18-12-20(17(3)31-23(18)32-26)24-28-10-7-11-29-24/h7,10-14,16H,6,8-9,15H2,1-5H3,(H,31,32)/t16-,26-/m1/s1. The molecule has 0 aromatic carbocycles. The number of nitrogens with zero attached hydrogens (tertiary/aromatic N) is 5. The number of likely N-dealkylation sites (N-methyl/N-ethyl adjacent to an activating group) is 1. The molecule has 0 fully saturated rings. The highest BCUT2D eigenvalue weighted by molar-refractivity contribution is 6.31. The number of hydrogen-bond acceptors (Lipinski definition) is 7. The molecule has 1 aliphatic rings. The van der Waals surface area contributed by atoms with Crippen molar-refractivity contribution in [3.63, 3.8) is 0 Å². The van der Waals surface area contributed by atoms with Gasteiger partial charge in [-0.3, -0.25) is 4.79 Å². The Bertz CT molecular complexity index is 1220. The van der Waals surface area contributed by atoms with Gasteiger partial charge < -0.3 is 15.0 Å². The topological polar surface area (TPSA) is 93.1 Å². The van der Waals surface area contributed by atoms with Gasteiger partial charge in [0.25, 0.3) is 0 Å². The van der Waals surface area contributed by atoms with Crippen molar-refractivity contribution < 1.29 is 9.53 Å². The number of fused-ring (bicyclic) bond motifs is 1. The van der Waals surface area contributed by atoms with Gasteiger partial charge in [0.05, 0.1) is 29.3 Å². The van der Waals surface area contributed by atoms with E-state index in [1.807, 2.05) is 25.7 Å². The second kappa shape index (κ2) is 10.2. The normalized spacial score (nSPS) is 17.8. The summed E-state index contributed by atoms with van der Waals surface area (Å²) in [5.41, 5.74) is 3.34. The summed E-state index contributed by atoms with van der Waals surface area (Å²) in [5, 5.41) is 4.07. The van der Waals surface area contributed by atoms with E-state index in [0.717, 1.165) is 35.5 Å². The largest absolute Gasteiger partial charge is 0.481 e. The van der Waals surface area contributed by atoms with Crippen molar-refractivity contribution in [3.8, 4) is 17.3 Å². The Hall–Kier alpha value is -3.26. The average Bonchev–Trinajstić information content (AvgIpc) is 2.87. The lowest BCUT2D eigenvalue weighted by molar-refractivity contribution is -0.133. The lowest BCUT2D eigenvalue weighted by atomic mass is 9.87. The third kappa shape index (κ3) is 5.22. The fraction of sp³-hybridized carbons (Fsp3) is 0.423. The molecule has 8 nitrogen and oxygen atoms in total. The molecule has 0 radical (unpaired) electrons. The number of nitrogens with one attached hydrogen (secondary N) is 1. The highest BCUT2D eigenvalue weighted by Crippen LogP contribution is 2.34. The number of hydrogen-bond donors (Lipinski definition) is 1. The van der Waals surface area contributed by atoms with Gasteiger partial charge in [0, 0.05) is 43.3 Å². The van der Waals surface area contributed by atoms with Crippen LogP contribution in [0.25, 0.3) is 11.4 Å². The van der Waals surface area contributed by atoms with Gasteiger partial charge in [-0.25, -0.2) is 19.9 Å². The Labute approximate surface area is 211 Å². The summed E-state index contributed by atoms with van der Waals surface area (Å²) < 4.78 is 5.22. The van der Waals surface area contributed by atoms with Crippen molar-refractivity contribution in [2.75, 3.05) is 25.5 Å². The van der Waals surface area contributed by atoms with E-state index in [9.17, 15) is 4.79 Å². The quantitative estimate of drug-likeness (QED) is 0.510. The molecule has 0 spiro atoms. The number of methoxy groups -OCH3 is 1. The number of carbonyl (C=O) groups is 1. The number of amides is 1. The minimum Gasteiger partial charge on any atom is -0.481 e. The van der Waals surface area contributed by atoms with Crippen LogP contribution in [0.3, 0.4) is 0 Å². The van der Waals surface area contributed by atoms with E-state index < -0.39 is 5.92 Å². The van der Waals surface area contributed by atoms with Crippen molar-refractivity contribution in [1.82, 2.24) is 24.8 Å². The van der Waals surface area contributed by atoms with Gasteiger partial charge in [0.15, 0.2) is 5.82 Å². The lowest BCUT2D eigenvalue weighted by Crippen LogP contribution is -2.51. The molecule has 3 aromatic rings. The zero-order valence-electron chi connectivity index (χ0n) is 20.8. The predicted molar refractivity (Wildman–Crippen MR) is 137 cm³/mol. The first-order chi connectivity index (χ1) is 16.7. The third-order valence-corrected chi connectivity index (χ3v) is 6.92. The maximum absolute atomic E-state index is 13.5. The van der Waals surface area contributed by atoms with Crippen LogP contribution in [0.4, 0.5) is 5.82 Å². The van der Waals surface area contributed by atoms with Crippen molar-refractivity contribution in [1.29, 1.82) is 0 Å². The smallest absolute Gasteiger partial charge is 0.229 e. The molecule has 1 amide bonds. The average molecular weight is 495 g/mol. The molecule has 35 heavy (non-hydrogen) atoms. The van der Waals surface area contributed by atoms with Crippen LogP contribution in [0.1, 0.15) is 49.9 Å². The Morgan fingerprint density at radius 3 is 2.71 bits per heavy atom. The van der Waals surface area contributed by atoms with Crippen molar-refractivity contribution in [2.45, 2.75) is 52.0 Å². The van der Waals surface area contributed by atoms with E-state index >= 15 is 0 Å². The first kappa shape index (κ1) is 24.9. The van der Waals surface area contributed by atoms with E-state index in [1.54, 1.807) is 31.6 Å². The van der Waals surface area contributed by atoms with Crippen LogP contribution in [-0.4, -0.2) is 56.5 Å². The van der Waals surface area contributed by atoms with Gasteiger partial charge >= 0.3 is 0 Å². The van der Waals surface area contributed by atoms with Crippen molar-refractivity contribution >= 4 is 23.3 Å². The molecule has 1 aliphatic heterocycles. The van der Waals surface area contributed by atoms with Crippen molar-refractivity contribution in [3.05, 3.63) is 58.6 Å². The predicted octanol–water partition coefficient (Wildman–Crippen LogP) is 4.67. The summed E-state index contributed by atoms with van der Waals surface area (Å²) in [6, 6.07) is 5.66. The number of aryl methyl sites for hydroxylation is 2. The van der Waals surface area contributed by atoms with Crippen LogP contribution in [0, 0.1) is 6.92 Å². The van der Waals surface area contributed by atoms with Gasteiger partial charge in [-0.1, -0.05) is 11.6 Å². The van der Waals surface area contributed by atoms with Crippen molar-refractivity contribution in [2.24, 2.45) is 0 Å². The van der Waals surface area contributed by atoms with Crippen LogP contribution in [0.15, 0.2) is 36.8 Å². The van der Waals surface area contributed by atoms with Crippen LogP contribution in [-0.2, 0) is 11.2 Å². The highest BCUT2D eigenvalue weighted by Gasteiger charge is 2.35. The molecule has 9 heteroatoms. The number of rotatable bonds is 7. The summed E-state index contributed by atoms with van der Waals surface area (Å²) in [6.45, 7) is 9.11. The summed E-state index contributed by atoms with van der Waals surface area (Å²) in [7, 11) is 1.55. The Balaban J connectivity index is 1.53. The fourth-order valence-corrected chi connectivity index (χ4v) is 4.81. The molecular weight excluding hydrogens is 464 g/mol. The Morgan fingerprint density at radius 2 is 2.03 bits per heavy atom.